The highest BCUT2D eigenvalue weighted by molar-refractivity contribution is 7.13. The first-order valence-corrected chi connectivity index (χ1v) is 8.73. The quantitative estimate of drug-likeness (QED) is 0.890. The van der Waals surface area contributed by atoms with Crippen LogP contribution in [-0.4, -0.2) is 35.8 Å². The maximum Gasteiger partial charge on any atom is 0.185 e. The number of anilines is 1. The molecule has 1 aliphatic heterocycles. The molecule has 1 saturated heterocycles. The van der Waals surface area contributed by atoms with E-state index in [0.717, 1.165) is 36.6 Å². The van der Waals surface area contributed by atoms with Crippen LogP contribution in [-0.2, 0) is 0 Å². The fourth-order valence-electron chi connectivity index (χ4n) is 2.83. The van der Waals surface area contributed by atoms with E-state index < -0.39 is 6.10 Å². The molecular weight excluding hydrogens is 294 g/mol. The smallest absolute Gasteiger partial charge is 0.185 e. The van der Waals surface area contributed by atoms with Crippen molar-refractivity contribution in [1.29, 1.82) is 0 Å². The molecule has 0 aliphatic carbocycles. The van der Waals surface area contributed by atoms with Crippen molar-refractivity contribution in [3.8, 4) is 0 Å². The zero-order valence-corrected chi connectivity index (χ0v) is 13.7. The molecule has 1 aromatic heterocycles. The van der Waals surface area contributed by atoms with Crippen LogP contribution in [0, 0.1) is 6.92 Å². The van der Waals surface area contributed by atoms with E-state index in [-0.39, 0.29) is 0 Å². The number of rotatable bonds is 5. The first kappa shape index (κ1) is 15.5. The van der Waals surface area contributed by atoms with Gasteiger partial charge in [-0.1, -0.05) is 29.8 Å². The van der Waals surface area contributed by atoms with Crippen LogP contribution in [0.25, 0.3) is 0 Å². The van der Waals surface area contributed by atoms with Gasteiger partial charge in [0.2, 0.25) is 0 Å². The summed E-state index contributed by atoms with van der Waals surface area (Å²) < 4.78 is 0. The third kappa shape index (κ3) is 3.85. The molecule has 1 aliphatic rings. The third-order valence-corrected chi connectivity index (χ3v) is 5.08. The van der Waals surface area contributed by atoms with Gasteiger partial charge in [-0.25, -0.2) is 4.98 Å². The van der Waals surface area contributed by atoms with E-state index in [2.05, 4.69) is 22.1 Å². The molecule has 0 saturated carbocycles. The second-order valence-electron chi connectivity index (χ2n) is 5.91. The molecule has 22 heavy (non-hydrogen) atoms. The molecule has 5 heteroatoms. The van der Waals surface area contributed by atoms with Crippen LogP contribution in [0.15, 0.2) is 35.8 Å². The number of nitrogens with one attached hydrogen (secondary N) is 1. The summed E-state index contributed by atoms with van der Waals surface area (Å²) in [7, 11) is 0. The summed E-state index contributed by atoms with van der Waals surface area (Å²) in [4.78, 5) is 6.72. The van der Waals surface area contributed by atoms with E-state index in [1.165, 1.54) is 5.56 Å². The lowest BCUT2D eigenvalue weighted by molar-refractivity contribution is 0.167. The summed E-state index contributed by atoms with van der Waals surface area (Å²) >= 11 is 1.70. The van der Waals surface area contributed by atoms with Gasteiger partial charge in [-0.2, -0.15) is 0 Å². The first-order valence-electron chi connectivity index (χ1n) is 7.85. The van der Waals surface area contributed by atoms with Gasteiger partial charge in [0.15, 0.2) is 5.13 Å². The lowest BCUT2D eigenvalue weighted by atomic mass is 10.0. The molecule has 118 valence electrons. The number of aliphatic hydroxyl groups excluding tert-OH is 1. The molecule has 0 spiro atoms. The third-order valence-electron chi connectivity index (χ3n) is 4.25. The predicted octanol–water partition coefficient (Wildman–Crippen LogP) is 2.74. The van der Waals surface area contributed by atoms with Crippen LogP contribution in [0.1, 0.15) is 30.1 Å². The van der Waals surface area contributed by atoms with E-state index in [0.29, 0.717) is 12.6 Å². The molecule has 0 unspecified atom stereocenters. The number of aromatic nitrogens is 1. The SMILES string of the molecule is Cc1ccc([C@H](O)CNC2CCN(c3nccs3)CC2)cc1. The number of piperidine rings is 1. The van der Waals surface area contributed by atoms with Crippen molar-refractivity contribution in [2.24, 2.45) is 0 Å². The Morgan fingerprint density at radius 3 is 2.68 bits per heavy atom. The number of thiazole rings is 1. The predicted molar refractivity (Wildman–Crippen MR) is 91.5 cm³/mol. The van der Waals surface area contributed by atoms with Crippen molar-refractivity contribution < 1.29 is 5.11 Å². The highest BCUT2D eigenvalue weighted by Gasteiger charge is 2.21. The van der Waals surface area contributed by atoms with Gasteiger partial charge in [0.1, 0.15) is 0 Å². The maximum absolute atomic E-state index is 10.3. The number of benzene rings is 1. The summed E-state index contributed by atoms with van der Waals surface area (Å²) in [6.45, 7) is 4.74. The van der Waals surface area contributed by atoms with Gasteiger partial charge in [0.05, 0.1) is 6.10 Å². The summed E-state index contributed by atoms with van der Waals surface area (Å²) in [6, 6.07) is 8.59. The number of hydrogen-bond donors (Lipinski definition) is 2. The zero-order chi connectivity index (χ0) is 15.4. The molecule has 1 fully saturated rings. The number of hydrogen-bond acceptors (Lipinski definition) is 5. The van der Waals surface area contributed by atoms with E-state index >= 15 is 0 Å². The van der Waals surface area contributed by atoms with Crippen molar-refractivity contribution in [2.45, 2.75) is 31.9 Å². The van der Waals surface area contributed by atoms with E-state index in [9.17, 15) is 5.11 Å². The maximum atomic E-state index is 10.3. The molecule has 1 aromatic carbocycles. The minimum atomic E-state index is -0.433. The number of nitrogens with zero attached hydrogens (tertiary/aromatic N) is 2. The Bertz CT molecular complexity index is 562. The van der Waals surface area contributed by atoms with Crippen molar-refractivity contribution in [3.05, 3.63) is 47.0 Å². The van der Waals surface area contributed by atoms with Crippen LogP contribution < -0.4 is 10.2 Å². The molecule has 0 amide bonds. The number of aliphatic hydroxyl groups is 1. The van der Waals surface area contributed by atoms with E-state index in [1.807, 2.05) is 35.8 Å². The Kier molecular flexibility index (Phi) is 5.08. The second-order valence-corrected chi connectivity index (χ2v) is 6.78. The fourth-order valence-corrected chi connectivity index (χ4v) is 3.53. The fraction of sp³-hybridized carbons (Fsp3) is 0.471. The highest BCUT2D eigenvalue weighted by atomic mass is 32.1. The average Bonchev–Trinajstić information content (AvgIpc) is 3.08. The van der Waals surface area contributed by atoms with Crippen LogP contribution in [0.2, 0.25) is 0 Å². The van der Waals surface area contributed by atoms with Gasteiger partial charge in [-0.3, -0.25) is 0 Å². The van der Waals surface area contributed by atoms with Gasteiger partial charge >= 0.3 is 0 Å². The van der Waals surface area contributed by atoms with E-state index in [4.69, 9.17) is 0 Å². The molecule has 2 aromatic rings. The summed E-state index contributed by atoms with van der Waals surface area (Å²) in [6.07, 6.45) is 3.63. The molecular formula is C17H23N3OS. The zero-order valence-electron chi connectivity index (χ0n) is 12.9. The highest BCUT2D eigenvalue weighted by Crippen LogP contribution is 2.22. The van der Waals surface area contributed by atoms with Crippen LogP contribution in [0.4, 0.5) is 5.13 Å². The molecule has 2 heterocycles. The Labute approximate surface area is 135 Å². The standard InChI is InChI=1S/C17H23N3OS/c1-13-2-4-14(5-3-13)16(21)12-19-15-6-9-20(10-7-15)17-18-8-11-22-17/h2-5,8,11,15-16,19,21H,6-7,9-10,12H2,1H3/t16-/m1/s1. The topological polar surface area (TPSA) is 48.4 Å². The molecule has 1 atom stereocenters. The minimum Gasteiger partial charge on any atom is -0.387 e. The summed E-state index contributed by atoms with van der Waals surface area (Å²) in [5.74, 6) is 0. The van der Waals surface area contributed by atoms with Crippen molar-refractivity contribution in [3.63, 3.8) is 0 Å². The number of aryl methyl sites for hydroxylation is 1. The summed E-state index contributed by atoms with van der Waals surface area (Å²) in [5, 5.41) is 16.9. The molecule has 0 radical (unpaired) electrons. The van der Waals surface area contributed by atoms with Gasteiger partial charge in [-0.15, -0.1) is 11.3 Å². The normalized spacial score (nSPS) is 17.6. The van der Waals surface area contributed by atoms with Crippen LogP contribution in [0.5, 0.6) is 0 Å². The average molecular weight is 317 g/mol. The van der Waals surface area contributed by atoms with Gasteiger partial charge in [0, 0.05) is 37.3 Å². The van der Waals surface area contributed by atoms with Crippen LogP contribution >= 0.6 is 11.3 Å². The van der Waals surface area contributed by atoms with Gasteiger partial charge in [-0.05, 0) is 25.3 Å². The van der Waals surface area contributed by atoms with Gasteiger partial charge in [0.25, 0.3) is 0 Å². The monoisotopic (exact) mass is 317 g/mol. The molecule has 4 nitrogen and oxygen atoms in total. The largest absolute Gasteiger partial charge is 0.387 e. The van der Waals surface area contributed by atoms with Crippen LogP contribution in [0.3, 0.4) is 0 Å². The Morgan fingerprint density at radius 1 is 1.32 bits per heavy atom. The first-order chi connectivity index (χ1) is 10.7. The van der Waals surface area contributed by atoms with Crippen molar-refractivity contribution in [2.75, 3.05) is 24.5 Å². The molecule has 3 rings (SSSR count). The summed E-state index contributed by atoms with van der Waals surface area (Å²) in [5.41, 5.74) is 2.21. The lowest BCUT2D eigenvalue weighted by Gasteiger charge is -2.32. The van der Waals surface area contributed by atoms with Gasteiger partial charge < -0.3 is 15.3 Å². The molecule has 0 bridgehead atoms. The van der Waals surface area contributed by atoms with E-state index in [1.54, 1.807) is 11.3 Å². The Balaban J connectivity index is 1.44. The Morgan fingerprint density at radius 2 is 2.05 bits per heavy atom. The second kappa shape index (κ2) is 7.22. The molecule has 2 N–H and O–H groups in total. The minimum absolute atomic E-state index is 0.433. The Hall–Kier alpha value is -1.43. The van der Waals surface area contributed by atoms with Crippen molar-refractivity contribution in [1.82, 2.24) is 10.3 Å². The lowest BCUT2D eigenvalue weighted by Crippen LogP contribution is -2.43. The van der Waals surface area contributed by atoms with Crippen molar-refractivity contribution >= 4 is 16.5 Å².